The fourth-order valence-electron chi connectivity index (χ4n) is 3.40. The van der Waals surface area contributed by atoms with Crippen molar-refractivity contribution in [2.75, 3.05) is 13.2 Å². The van der Waals surface area contributed by atoms with E-state index in [0.717, 1.165) is 22.3 Å². The van der Waals surface area contributed by atoms with E-state index in [1.165, 1.54) is 0 Å². The molecule has 2 amide bonds. The number of nitrogens with one attached hydrogen (secondary N) is 1. The quantitative estimate of drug-likeness (QED) is 0.699. The van der Waals surface area contributed by atoms with Gasteiger partial charge in [-0.15, -0.1) is 0 Å². The van der Waals surface area contributed by atoms with Gasteiger partial charge in [0.2, 0.25) is 5.91 Å². The minimum absolute atomic E-state index is 0.106. The van der Waals surface area contributed by atoms with Crippen LogP contribution in [0, 0.1) is 20.8 Å². The highest BCUT2D eigenvalue weighted by atomic mass is 16.5. The van der Waals surface area contributed by atoms with Crippen LogP contribution in [0.1, 0.15) is 42.5 Å². The second kappa shape index (κ2) is 10.6. The summed E-state index contributed by atoms with van der Waals surface area (Å²) in [4.78, 5) is 27.3. The smallest absolute Gasteiger partial charge is 0.261 e. The first-order valence-corrected chi connectivity index (χ1v) is 10.2. The van der Waals surface area contributed by atoms with Crippen molar-refractivity contribution < 1.29 is 14.3 Å². The zero-order valence-electron chi connectivity index (χ0n) is 18.1. The molecule has 0 saturated heterocycles. The van der Waals surface area contributed by atoms with Crippen molar-refractivity contribution in [1.82, 2.24) is 10.2 Å². The Morgan fingerprint density at radius 1 is 1.03 bits per heavy atom. The Kier molecular flexibility index (Phi) is 8.25. The van der Waals surface area contributed by atoms with E-state index in [1.54, 1.807) is 4.90 Å². The van der Waals surface area contributed by atoms with Gasteiger partial charge in [0.05, 0.1) is 0 Å². The Bertz CT molecular complexity index is 848. The van der Waals surface area contributed by atoms with Crippen LogP contribution >= 0.6 is 0 Å². The normalized spacial score (nSPS) is 11.6. The maximum Gasteiger partial charge on any atom is 0.261 e. The third kappa shape index (κ3) is 6.34. The summed E-state index contributed by atoms with van der Waals surface area (Å²) in [5, 5.41) is 2.84. The van der Waals surface area contributed by atoms with Crippen LogP contribution in [-0.2, 0) is 16.1 Å². The van der Waals surface area contributed by atoms with Gasteiger partial charge in [0, 0.05) is 13.1 Å². The van der Waals surface area contributed by atoms with Crippen molar-refractivity contribution in [1.29, 1.82) is 0 Å². The molecule has 0 radical (unpaired) electrons. The van der Waals surface area contributed by atoms with E-state index in [0.29, 0.717) is 25.3 Å². The topological polar surface area (TPSA) is 58.6 Å². The number of benzene rings is 2. The van der Waals surface area contributed by atoms with Crippen molar-refractivity contribution >= 4 is 11.8 Å². The summed E-state index contributed by atoms with van der Waals surface area (Å²) < 4.78 is 5.81. The summed E-state index contributed by atoms with van der Waals surface area (Å²) in [5.41, 5.74) is 4.24. The van der Waals surface area contributed by atoms with Crippen LogP contribution in [-0.4, -0.2) is 35.9 Å². The molecule has 0 heterocycles. The number of rotatable bonds is 9. The van der Waals surface area contributed by atoms with E-state index in [2.05, 4.69) is 5.32 Å². The Labute approximate surface area is 174 Å². The maximum absolute atomic E-state index is 13.1. The molecule has 1 atom stereocenters. The number of hydrogen-bond acceptors (Lipinski definition) is 3. The van der Waals surface area contributed by atoms with Crippen LogP contribution in [0.2, 0.25) is 0 Å². The fraction of sp³-hybridized carbons (Fsp3) is 0.417. The first-order chi connectivity index (χ1) is 13.8. The van der Waals surface area contributed by atoms with Crippen molar-refractivity contribution in [3.05, 3.63) is 64.7 Å². The van der Waals surface area contributed by atoms with E-state index in [4.69, 9.17) is 4.74 Å². The maximum atomic E-state index is 13.1. The molecule has 0 spiro atoms. The number of likely N-dealkylation sites (N-methyl/N-ethyl adjacent to an activating group) is 1. The molecule has 5 heteroatoms. The number of carbonyl (C=O) groups excluding carboxylic acids is 2. The first-order valence-electron chi connectivity index (χ1n) is 10.2. The van der Waals surface area contributed by atoms with Gasteiger partial charge in [-0.2, -0.15) is 0 Å². The van der Waals surface area contributed by atoms with Crippen molar-refractivity contribution in [2.24, 2.45) is 0 Å². The van der Waals surface area contributed by atoms with Crippen LogP contribution in [0.15, 0.2) is 42.5 Å². The van der Waals surface area contributed by atoms with E-state index < -0.39 is 6.04 Å². The molecule has 0 unspecified atom stereocenters. The SMILES string of the molecule is CCNC(=O)[C@H](CC)N(Cc1cccc(C)c1)C(=O)COc1ccc(C)cc1C. The van der Waals surface area contributed by atoms with Crippen LogP contribution in [0.4, 0.5) is 0 Å². The molecule has 0 aliphatic rings. The predicted molar refractivity (Wildman–Crippen MR) is 116 cm³/mol. The molecule has 156 valence electrons. The monoisotopic (exact) mass is 396 g/mol. The minimum atomic E-state index is -0.536. The van der Waals surface area contributed by atoms with Gasteiger partial charge < -0.3 is 15.0 Å². The van der Waals surface area contributed by atoms with E-state index in [1.807, 2.05) is 77.1 Å². The molecule has 1 N–H and O–H groups in total. The predicted octanol–water partition coefficient (Wildman–Crippen LogP) is 3.93. The number of carbonyl (C=O) groups is 2. The second-order valence-corrected chi connectivity index (χ2v) is 7.39. The molecular formula is C24H32N2O3. The van der Waals surface area contributed by atoms with Crippen LogP contribution in [0.25, 0.3) is 0 Å². The summed E-state index contributed by atoms with van der Waals surface area (Å²) in [5.74, 6) is 0.345. The third-order valence-corrected chi connectivity index (χ3v) is 4.85. The molecule has 0 aliphatic heterocycles. The largest absolute Gasteiger partial charge is 0.483 e. The molecule has 2 rings (SSSR count). The zero-order chi connectivity index (χ0) is 21.4. The summed E-state index contributed by atoms with van der Waals surface area (Å²) in [6.07, 6.45) is 0.535. The zero-order valence-corrected chi connectivity index (χ0v) is 18.1. The Morgan fingerprint density at radius 3 is 2.38 bits per heavy atom. The lowest BCUT2D eigenvalue weighted by Gasteiger charge is -2.30. The Morgan fingerprint density at radius 2 is 1.76 bits per heavy atom. The second-order valence-electron chi connectivity index (χ2n) is 7.39. The van der Waals surface area contributed by atoms with Gasteiger partial charge in [-0.25, -0.2) is 0 Å². The molecule has 2 aromatic carbocycles. The summed E-state index contributed by atoms with van der Waals surface area (Å²) >= 11 is 0. The highest BCUT2D eigenvalue weighted by Crippen LogP contribution is 2.20. The number of nitrogens with zero attached hydrogens (tertiary/aromatic N) is 1. The van der Waals surface area contributed by atoms with Gasteiger partial charge >= 0.3 is 0 Å². The summed E-state index contributed by atoms with van der Waals surface area (Å²) in [7, 11) is 0. The molecular weight excluding hydrogens is 364 g/mol. The lowest BCUT2D eigenvalue weighted by molar-refractivity contribution is -0.142. The number of ether oxygens (including phenoxy) is 1. The average molecular weight is 397 g/mol. The van der Waals surface area contributed by atoms with Gasteiger partial charge in [0.15, 0.2) is 6.61 Å². The van der Waals surface area contributed by atoms with Crippen LogP contribution < -0.4 is 10.1 Å². The van der Waals surface area contributed by atoms with Gasteiger partial charge in [-0.05, 0) is 51.3 Å². The van der Waals surface area contributed by atoms with Crippen LogP contribution in [0.5, 0.6) is 5.75 Å². The lowest BCUT2D eigenvalue weighted by atomic mass is 10.1. The van der Waals surface area contributed by atoms with E-state index >= 15 is 0 Å². The molecule has 0 aliphatic carbocycles. The Hall–Kier alpha value is -2.82. The first kappa shape index (κ1) is 22.5. The number of amides is 2. The number of hydrogen-bond donors (Lipinski definition) is 1. The van der Waals surface area contributed by atoms with Crippen molar-refractivity contribution in [3.8, 4) is 5.75 Å². The molecule has 0 aromatic heterocycles. The van der Waals surface area contributed by atoms with Crippen molar-refractivity contribution in [2.45, 2.75) is 53.6 Å². The number of aryl methyl sites for hydroxylation is 3. The molecule has 29 heavy (non-hydrogen) atoms. The van der Waals surface area contributed by atoms with Gasteiger partial charge in [0.1, 0.15) is 11.8 Å². The lowest BCUT2D eigenvalue weighted by Crippen LogP contribution is -2.50. The van der Waals surface area contributed by atoms with Crippen molar-refractivity contribution in [3.63, 3.8) is 0 Å². The molecule has 0 fully saturated rings. The van der Waals surface area contributed by atoms with E-state index in [9.17, 15) is 9.59 Å². The summed E-state index contributed by atoms with van der Waals surface area (Å²) in [6, 6.07) is 13.3. The molecule has 0 bridgehead atoms. The van der Waals surface area contributed by atoms with Crippen LogP contribution in [0.3, 0.4) is 0 Å². The fourth-order valence-corrected chi connectivity index (χ4v) is 3.40. The molecule has 5 nitrogen and oxygen atoms in total. The summed E-state index contributed by atoms with van der Waals surface area (Å²) in [6.45, 7) is 10.6. The minimum Gasteiger partial charge on any atom is -0.483 e. The van der Waals surface area contributed by atoms with Gasteiger partial charge in [-0.3, -0.25) is 9.59 Å². The highest BCUT2D eigenvalue weighted by molar-refractivity contribution is 5.88. The van der Waals surface area contributed by atoms with Gasteiger partial charge in [-0.1, -0.05) is 54.4 Å². The highest BCUT2D eigenvalue weighted by Gasteiger charge is 2.28. The Balaban J connectivity index is 2.22. The van der Waals surface area contributed by atoms with E-state index in [-0.39, 0.29) is 18.4 Å². The van der Waals surface area contributed by atoms with Gasteiger partial charge in [0.25, 0.3) is 5.91 Å². The average Bonchev–Trinajstić information content (AvgIpc) is 2.67. The third-order valence-electron chi connectivity index (χ3n) is 4.85. The standard InChI is InChI=1S/C24H32N2O3/c1-6-21(24(28)25-7-2)26(15-20-10-8-9-17(3)14-20)23(27)16-29-22-12-11-18(4)13-19(22)5/h8-14,21H,6-7,15-16H2,1-5H3,(H,25,28)/t21-/m0/s1. The molecule has 0 saturated carbocycles. The molecule has 2 aromatic rings.